The topological polar surface area (TPSA) is 64.1 Å². The fourth-order valence-electron chi connectivity index (χ4n) is 3.84. The van der Waals surface area contributed by atoms with Gasteiger partial charge in [-0.1, -0.05) is 35.1 Å². The van der Waals surface area contributed by atoms with Crippen molar-refractivity contribution in [3.8, 4) is 11.5 Å². The summed E-state index contributed by atoms with van der Waals surface area (Å²) in [7, 11) is 3.24. The van der Waals surface area contributed by atoms with E-state index >= 15 is 0 Å². The zero-order valence-electron chi connectivity index (χ0n) is 18.9. The number of methoxy groups -OCH3 is 2. The van der Waals surface area contributed by atoms with Crippen LogP contribution in [-0.4, -0.2) is 69.4 Å². The molecule has 1 aliphatic heterocycles. The van der Waals surface area contributed by atoms with E-state index in [0.29, 0.717) is 28.0 Å². The highest BCUT2D eigenvalue weighted by atomic mass is 35.5. The molecule has 0 spiro atoms. The Morgan fingerprint density at radius 1 is 1.15 bits per heavy atom. The second-order valence-corrected chi connectivity index (χ2v) is 9.19. The minimum atomic E-state index is -0.00344. The first-order valence-corrected chi connectivity index (χ1v) is 12.1. The smallest absolute Gasteiger partial charge is 0.233 e. The van der Waals surface area contributed by atoms with Crippen molar-refractivity contribution in [3.05, 3.63) is 47.0 Å². The average Bonchev–Trinajstić information content (AvgIpc) is 3.29. The van der Waals surface area contributed by atoms with E-state index in [9.17, 15) is 4.79 Å². The lowest BCUT2D eigenvalue weighted by Gasteiger charge is -2.27. The Morgan fingerprint density at radius 2 is 1.91 bits per heavy atom. The second kappa shape index (κ2) is 11.2. The third-order valence-electron chi connectivity index (χ3n) is 5.67. The molecule has 0 radical (unpaired) electrons. The van der Waals surface area contributed by atoms with Crippen LogP contribution in [0.2, 0.25) is 5.02 Å². The Morgan fingerprint density at radius 3 is 2.61 bits per heavy atom. The Kier molecular flexibility index (Phi) is 8.03. The SMILES string of the molecule is COc1ccc(CC(=O)N(CCCN2CCOCC2)c2nc3c(OC)ccc(Cl)c3s2)cc1. The molecule has 0 bridgehead atoms. The molecule has 0 saturated carbocycles. The summed E-state index contributed by atoms with van der Waals surface area (Å²) in [5.74, 6) is 1.41. The van der Waals surface area contributed by atoms with Crippen molar-refractivity contribution in [2.75, 3.05) is 58.5 Å². The van der Waals surface area contributed by atoms with Crippen LogP contribution in [0.4, 0.5) is 5.13 Å². The number of carbonyl (C=O) groups excluding carboxylic acids is 1. The molecule has 2 heterocycles. The lowest BCUT2D eigenvalue weighted by Crippen LogP contribution is -2.39. The predicted molar refractivity (Wildman–Crippen MR) is 132 cm³/mol. The number of rotatable bonds is 9. The van der Waals surface area contributed by atoms with Gasteiger partial charge < -0.3 is 14.2 Å². The Labute approximate surface area is 202 Å². The van der Waals surface area contributed by atoms with E-state index < -0.39 is 0 Å². The van der Waals surface area contributed by atoms with E-state index in [2.05, 4.69) is 4.90 Å². The number of carbonyl (C=O) groups is 1. The summed E-state index contributed by atoms with van der Waals surface area (Å²) in [6.07, 6.45) is 1.12. The van der Waals surface area contributed by atoms with Crippen molar-refractivity contribution in [1.29, 1.82) is 0 Å². The molecule has 0 atom stereocenters. The van der Waals surface area contributed by atoms with Crippen LogP contribution in [0.1, 0.15) is 12.0 Å². The first-order valence-electron chi connectivity index (χ1n) is 11.0. The van der Waals surface area contributed by atoms with Gasteiger partial charge in [0.1, 0.15) is 17.0 Å². The van der Waals surface area contributed by atoms with Gasteiger partial charge in [-0.2, -0.15) is 0 Å². The first kappa shape index (κ1) is 23.8. The summed E-state index contributed by atoms with van der Waals surface area (Å²) in [5.41, 5.74) is 1.61. The lowest BCUT2D eigenvalue weighted by molar-refractivity contribution is -0.118. The monoisotopic (exact) mass is 489 g/mol. The van der Waals surface area contributed by atoms with Crippen LogP contribution in [0, 0.1) is 0 Å². The molecular weight excluding hydrogens is 462 g/mol. The van der Waals surface area contributed by atoms with E-state index in [1.165, 1.54) is 11.3 Å². The number of ether oxygens (including phenoxy) is 3. The number of hydrogen-bond acceptors (Lipinski definition) is 7. The van der Waals surface area contributed by atoms with Gasteiger partial charge in [0.2, 0.25) is 5.91 Å². The molecule has 4 rings (SSSR count). The van der Waals surface area contributed by atoms with E-state index in [-0.39, 0.29) is 12.3 Å². The van der Waals surface area contributed by atoms with Crippen molar-refractivity contribution in [2.24, 2.45) is 0 Å². The van der Waals surface area contributed by atoms with Gasteiger partial charge in [0.25, 0.3) is 0 Å². The number of benzene rings is 2. The number of nitrogens with zero attached hydrogens (tertiary/aromatic N) is 3. The van der Waals surface area contributed by atoms with Gasteiger partial charge in [-0.3, -0.25) is 14.6 Å². The summed E-state index contributed by atoms with van der Waals surface area (Å²) in [4.78, 5) is 22.3. The zero-order chi connectivity index (χ0) is 23.2. The highest BCUT2D eigenvalue weighted by molar-refractivity contribution is 7.23. The van der Waals surface area contributed by atoms with Crippen LogP contribution >= 0.6 is 22.9 Å². The maximum absolute atomic E-state index is 13.4. The van der Waals surface area contributed by atoms with Crippen LogP contribution < -0.4 is 14.4 Å². The highest BCUT2D eigenvalue weighted by Crippen LogP contribution is 2.39. The molecule has 1 amide bonds. The normalized spacial score (nSPS) is 14.4. The van der Waals surface area contributed by atoms with Crippen molar-refractivity contribution >= 4 is 44.2 Å². The molecule has 3 aromatic rings. The molecule has 1 aliphatic rings. The number of aromatic nitrogens is 1. The number of amides is 1. The third kappa shape index (κ3) is 5.76. The minimum absolute atomic E-state index is 0.00344. The number of anilines is 1. The molecule has 1 aromatic heterocycles. The van der Waals surface area contributed by atoms with Crippen molar-refractivity contribution in [2.45, 2.75) is 12.8 Å². The summed E-state index contributed by atoms with van der Waals surface area (Å²) in [5, 5.41) is 1.24. The Bertz CT molecular complexity index is 1080. The molecule has 176 valence electrons. The van der Waals surface area contributed by atoms with E-state index in [0.717, 1.165) is 55.3 Å². The Balaban J connectivity index is 1.56. The van der Waals surface area contributed by atoms with Crippen LogP contribution in [0.15, 0.2) is 36.4 Å². The van der Waals surface area contributed by atoms with Gasteiger partial charge in [0.15, 0.2) is 5.13 Å². The van der Waals surface area contributed by atoms with Crippen molar-refractivity contribution in [3.63, 3.8) is 0 Å². The maximum Gasteiger partial charge on any atom is 0.233 e. The summed E-state index contributed by atoms with van der Waals surface area (Å²) in [6.45, 7) is 4.85. The Hall–Kier alpha value is -2.39. The van der Waals surface area contributed by atoms with E-state index in [1.54, 1.807) is 31.3 Å². The summed E-state index contributed by atoms with van der Waals surface area (Å²) in [6, 6.07) is 11.2. The number of morpholine rings is 1. The van der Waals surface area contributed by atoms with Crippen LogP contribution in [-0.2, 0) is 16.0 Å². The average molecular weight is 490 g/mol. The van der Waals surface area contributed by atoms with Crippen LogP contribution in [0.3, 0.4) is 0 Å². The second-order valence-electron chi connectivity index (χ2n) is 7.80. The summed E-state index contributed by atoms with van der Waals surface area (Å²) < 4.78 is 16.9. The minimum Gasteiger partial charge on any atom is -0.497 e. The third-order valence-corrected chi connectivity index (χ3v) is 7.21. The van der Waals surface area contributed by atoms with E-state index in [4.69, 9.17) is 30.8 Å². The predicted octanol–water partition coefficient (Wildman–Crippen LogP) is 4.26. The molecule has 0 aliphatic carbocycles. The molecular formula is C24H28ClN3O4S. The van der Waals surface area contributed by atoms with Crippen molar-refractivity contribution < 1.29 is 19.0 Å². The molecule has 1 saturated heterocycles. The highest BCUT2D eigenvalue weighted by Gasteiger charge is 2.23. The number of fused-ring (bicyclic) bond motifs is 1. The van der Waals surface area contributed by atoms with Crippen LogP contribution in [0.5, 0.6) is 11.5 Å². The van der Waals surface area contributed by atoms with Gasteiger partial charge in [0, 0.05) is 26.2 Å². The van der Waals surface area contributed by atoms with Gasteiger partial charge in [-0.15, -0.1) is 0 Å². The molecule has 0 unspecified atom stereocenters. The zero-order valence-corrected chi connectivity index (χ0v) is 20.5. The largest absolute Gasteiger partial charge is 0.497 e. The summed E-state index contributed by atoms with van der Waals surface area (Å²) >= 11 is 7.85. The van der Waals surface area contributed by atoms with Gasteiger partial charge in [-0.05, 0) is 36.2 Å². The first-order chi connectivity index (χ1) is 16.1. The maximum atomic E-state index is 13.4. The fraction of sp³-hybridized carbons (Fsp3) is 0.417. The number of halogens is 1. The fourth-order valence-corrected chi connectivity index (χ4v) is 5.14. The van der Waals surface area contributed by atoms with Gasteiger partial charge in [-0.25, -0.2) is 4.98 Å². The number of thiazole rings is 1. The molecule has 33 heavy (non-hydrogen) atoms. The number of hydrogen-bond donors (Lipinski definition) is 0. The standard InChI is InChI=1S/C24H28ClN3O4S/c1-30-18-6-4-17(5-7-18)16-21(29)28(11-3-10-27-12-14-32-15-13-27)24-26-22-20(31-2)9-8-19(25)23(22)33-24/h4-9H,3,10-16H2,1-2H3. The molecule has 7 nitrogen and oxygen atoms in total. The molecule has 2 aromatic carbocycles. The van der Waals surface area contributed by atoms with Crippen molar-refractivity contribution in [1.82, 2.24) is 9.88 Å². The quantitative estimate of drug-likeness (QED) is 0.447. The van der Waals surface area contributed by atoms with Gasteiger partial charge >= 0.3 is 0 Å². The lowest BCUT2D eigenvalue weighted by atomic mass is 10.1. The molecule has 0 N–H and O–H groups in total. The van der Waals surface area contributed by atoms with E-state index in [1.807, 2.05) is 24.3 Å². The van der Waals surface area contributed by atoms with Crippen LogP contribution in [0.25, 0.3) is 10.2 Å². The van der Waals surface area contributed by atoms with Gasteiger partial charge in [0.05, 0.1) is 43.6 Å². The molecule has 1 fully saturated rings. The molecule has 9 heteroatoms.